The molecule has 1 aromatic rings. The van der Waals surface area contributed by atoms with Crippen LogP contribution in [0, 0.1) is 5.92 Å². The molecule has 2 saturated heterocycles. The van der Waals surface area contributed by atoms with Crippen LogP contribution in [0.25, 0.3) is 0 Å². The van der Waals surface area contributed by atoms with E-state index in [2.05, 4.69) is 0 Å². The number of amides is 1. The van der Waals surface area contributed by atoms with Gasteiger partial charge in [-0.15, -0.1) is 0 Å². The van der Waals surface area contributed by atoms with Crippen molar-refractivity contribution in [2.45, 2.75) is 50.0 Å². The summed E-state index contributed by atoms with van der Waals surface area (Å²) in [5.41, 5.74) is 0.283. The van der Waals surface area contributed by atoms with Gasteiger partial charge in [0.05, 0.1) is 10.8 Å². The number of benzene rings is 1. The van der Waals surface area contributed by atoms with E-state index in [9.17, 15) is 23.1 Å². The predicted molar refractivity (Wildman–Crippen MR) is 99.9 cm³/mol. The van der Waals surface area contributed by atoms with Gasteiger partial charge < -0.3 is 10.0 Å². The minimum atomic E-state index is -3.62. The smallest absolute Gasteiger partial charge is 0.308 e. The molecule has 8 heteroatoms. The summed E-state index contributed by atoms with van der Waals surface area (Å²) in [7, 11) is -3.62. The maximum Gasteiger partial charge on any atom is 0.308 e. The van der Waals surface area contributed by atoms with Crippen molar-refractivity contribution in [2.75, 3.05) is 19.6 Å². The summed E-state index contributed by atoms with van der Waals surface area (Å²) in [5, 5.41) is 9.35. The van der Waals surface area contributed by atoms with Crippen molar-refractivity contribution < 1.29 is 23.1 Å². The molecular weight excluding hydrogens is 368 g/mol. The molecule has 0 aliphatic carbocycles. The molecule has 0 saturated carbocycles. The number of carboxylic acids is 1. The van der Waals surface area contributed by atoms with Crippen molar-refractivity contribution in [1.29, 1.82) is 0 Å². The molecule has 27 heavy (non-hydrogen) atoms. The third kappa shape index (κ3) is 4.01. The SMILES string of the molecule is C[C@@H]1[C@H](C(=O)O)CCCN1C(=O)c1cccc(S(=O)(=O)N2CCCCC2)c1. The molecule has 1 amide bonds. The molecule has 148 valence electrons. The van der Waals surface area contributed by atoms with Crippen LogP contribution in [0.3, 0.4) is 0 Å². The van der Waals surface area contributed by atoms with Crippen LogP contribution in [-0.4, -0.2) is 60.3 Å². The van der Waals surface area contributed by atoms with Crippen molar-refractivity contribution in [3.05, 3.63) is 29.8 Å². The van der Waals surface area contributed by atoms with Crippen molar-refractivity contribution >= 4 is 21.9 Å². The van der Waals surface area contributed by atoms with Gasteiger partial charge in [-0.25, -0.2) is 8.42 Å². The first-order chi connectivity index (χ1) is 12.8. The van der Waals surface area contributed by atoms with E-state index in [-0.39, 0.29) is 16.4 Å². The number of piperidine rings is 2. The van der Waals surface area contributed by atoms with Gasteiger partial charge in [0.1, 0.15) is 0 Å². The topological polar surface area (TPSA) is 95.0 Å². The summed E-state index contributed by atoms with van der Waals surface area (Å²) in [6, 6.07) is 5.68. The number of rotatable bonds is 4. The summed E-state index contributed by atoms with van der Waals surface area (Å²) in [4.78, 5) is 26.0. The fourth-order valence-corrected chi connectivity index (χ4v) is 5.53. The molecule has 3 rings (SSSR count). The first-order valence-electron chi connectivity index (χ1n) is 9.46. The number of hydrogen-bond donors (Lipinski definition) is 1. The summed E-state index contributed by atoms with van der Waals surface area (Å²) in [6.45, 7) is 3.23. The van der Waals surface area contributed by atoms with Crippen molar-refractivity contribution in [1.82, 2.24) is 9.21 Å². The third-order valence-electron chi connectivity index (χ3n) is 5.60. The lowest BCUT2D eigenvalue weighted by Gasteiger charge is -2.37. The number of aliphatic carboxylic acids is 1. The highest BCUT2D eigenvalue weighted by molar-refractivity contribution is 7.89. The highest BCUT2D eigenvalue weighted by atomic mass is 32.2. The summed E-state index contributed by atoms with van der Waals surface area (Å²) < 4.78 is 27.2. The van der Waals surface area contributed by atoms with Crippen molar-refractivity contribution in [3.63, 3.8) is 0 Å². The Hall–Kier alpha value is -1.93. The maximum atomic E-state index is 13.0. The molecule has 0 spiro atoms. The Morgan fingerprint density at radius 3 is 2.44 bits per heavy atom. The Balaban J connectivity index is 1.84. The van der Waals surface area contributed by atoms with E-state index in [0.717, 1.165) is 19.3 Å². The van der Waals surface area contributed by atoms with Gasteiger partial charge in [-0.2, -0.15) is 4.31 Å². The predicted octanol–water partition coefficient (Wildman–Crippen LogP) is 2.19. The average Bonchev–Trinajstić information content (AvgIpc) is 2.68. The quantitative estimate of drug-likeness (QED) is 0.845. The van der Waals surface area contributed by atoms with Crippen LogP contribution in [0.15, 0.2) is 29.2 Å². The average molecular weight is 394 g/mol. The Morgan fingerprint density at radius 1 is 1.07 bits per heavy atom. The van der Waals surface area contributed by atoms with Gasteiger partial charge in [-0.3, -0.25) is 9.59 Å². The van der Waals surface area contributed by atoms with E-state index in [4.69, 9.17) is 0 Å². The fourth-order valence-electron chi connectivity index (χ4n) is 3.97. The van der Waals surface area contributed by atoms with Crippen LogP contribution < -0.4 is 0 Å². The summed E-state index contributed by atoms with van der Waals surface area (Å²) >= 11 is 0. The first kappa shape index (κ1) is 19.8. The Kier molecular flexibility index (Phi) is 5.86. The molecule has 2 fully saturated rings. The molecule has 0 radical (unpaired) electrons. The molecule has 1 N–H and O–H groups in total. The van der Waals surface area contributed by atoms with Crippen molar-refractivity contribution in [3.8, 4) is 0 Å². The van der Waals surface area contributed by atoms with E-state index < -0.39 is 28.0 Å². The molecule has 2 heterocycles. The minimum Gasteiger partial charge on any atom is -0.481 e. The lowest BCUT2D eigenvalue weighted by molar-refractivity contribution is -0.144. The van der Waals surface area contributed by atoms with Gasteiger partial charge in [-0.1, -0.05) is 12.5 Å². The van der Waals surface area contributed by atoms with Crippen molar-refractivity contribution in [2.24, 2.45) is 5.92 Å². The van der Waals surface area contributed by atoms with Crippen LogP contribution >= 0.6 is 0 Å². The second kappa shape index (κ2) is 7.98. The number of nitrogens with zero attached hydrogens (tertiary/aromatic N) is 2. The highest BCUT2D eigenvalue weighted by Gasteiger charge is 2.36. The van der Waals surface area contributed by atoms with Gasteiger partial charge >= 0.3 is 5.97 Å². The molecule has 7 nitrogen and oxygen atoms in total. The zero-order valence-electron chi connectivity index (χ0n) is 15.5. The molecule has 2 atom stereocenters. The molecule has 2 aliphatic rings. The molecular formula is C19H26N2O5S. The number of hydrogen-bond acceptors (Lipinski definition) is 4. The van der Waals surface area contributed by atoms with Crippen LogP contribution in [0.4, 0.5) is 0 Å². The lowest BCUT2D eigenvalue weighted by atomic mass is 9.90. The van der Waals surface area contributed by atoms with E-state index in [1.165, 1.54) is 16.4 Å². The van der Waals surface area contributed by atoms with Gasteiger partial charge in [-0.05, 0) is 50.8 Å². The van der Waals surface area contributed by atoms with Crippen LogP contribution in [-0.2, 0) is 14.8 Å². The number of carbonyl (C=O) groups excluding carboxylic acids is 1. The van der Waals surface area contributed by atoms with Crippen LogP contribution in [0.1, 0.15) is 49.4 Å². The number of carboxylic acid groups (broad SMARTS) is 1. The standard InChI is InChI=1S/C19H26N2O5S/c1-14-17(19(23)24)9-6-12-21(14)18(22)15-7-5-8-16(13-15)27(25,26)20-10-3-2-4-11-20/h5,7-8,13-14,17H,2-4,6,9-12H2,1H3,(H,23,24)/t14-,17-/m1/s1. The normalized spacial score (nSPS) is 24.6. The Morgan fingerprint density at radius 2 is 1.78 bits per heavy atom. The van der Waals surface area contributed by atoms with E-state index in [1.54, 1.807) is 24.0 Å². The largest absolute Gasteiger partial charge is 0.481 e. The Labute approximate surface area is 160 Å². The minimum absolute atomic E-state index is 0.120. The van der Waals surface area contributed by atoms with Gasteiger partial charge in [0.25, 0.3) is 5.91 Å². The molecule has 0 unspecified atom stereocenters. The number of sulfonamides is 1. The highest BCUT2D eigenvalue weighted by Crippen LogP contribution is 2.27. The first-order valence-corrected chi connectivity index (χ1v) is 10.9. The van der Waals surface area contributed by atoms with Crippen LogP contribution in [0.2, 0.25) is 0 Å². The molecule has 0 bridgehead atoms. The molecule has 2 aliphatic heterocycles. The molecule has 0 aromatic heterocycles. The van der Waals surface area contributed by atoms with Gasteiger partial charge in [0.2, 0.25) is 10.0 Å². The number of likely N-dealkylation sites (tertiary alicyclic amines) is 1. The van der Waals surface area contributed by atoms with E-state index in [1.807, 2.05) is 0 Å². The summed E-state index contributed by atoms with van der Waals surface area (Å²) in [6.07, 6.45) is 3.89. The summed E-state index contributed by atoms with van der Waals surface area (Å²) in [5.74, 6) is -1.81. The molecule has 1 aromatic carbocycles. The zero-order valence-corrected chi connectivity index (χ0v) is 16.3. The van der Waals surface area contributed by atoms with E-state index >= 15 is 0 Å². The second-order valence-corrected chi connectivity index (χ2v) is 9.26. The van der Waals surface area contributed by atoms with E-state index in [0.29, 0.717) is 32.5 Å². The monoisotopic (exact) mass is 394 g/mol. The third-order valence-corrected chi connectivity index (χ3v) is 7.49. The lowest BCUT2D eigenvalue weighted by Crippen LogP contribution is -2.49. The van der Waals surface area contributed by atoms with Gasteiger partial charge in [0.15, 0.2) is 0 Å². The fraction of sp³-hybridized carbons (Fsp3) is 0.579. The zero-order chi connectivity index (χ0) is 19.6. The van der Waals surface area contributed by atoms with Crippen LogP contribution in [0.5, 0.6) is 0 Å². The Bertz CT molecular complexity index is 817. The number of carbonyl (C=O) groups is 2. The maximum absolute atomic E-state index is 13.0. The second-order valence-electron chi connectivity index (χ2n) is 7.32. The van der Waals surface area contributed by atoms with Gasteiger partial charge in [0, 0.05) is 31.2 Å².